The maximum Gasteiger partial charge on any atom is 0.191 e. The van der Waals surface area contributed by atoms with Crippen molar-refractivity contribution in [3.05, 3.63) is 16.1 Å². The molecule has 0 saturated heterocycles. The van der Waals surface area contributed by atoms with Gasteiger partial charge in [0, 0.05) is 25.1 Å². The van der Waals surface area contributed by atoms with Crippen LogP contribution in [-0.2, 0) is 11.3 Å². The van der Waals surface area contributed by atoms with E-state index in [2.05, 4.69) is 34.5 Å². The Morgan fingerprint density at radius 3 is 2.80 bits per heavy atom. The molecule has 0 radical (unpaired) electrons. The number of nitrogens with one attached hydrogen (secondary N) is 2. The van der Waals surface area contributed by atoms with Gasteiger partial charge in [0.2, 0.25) is 0 Å². The largest absolute Gasteiger partial charge is 0.380 e. The number of aliphatic imine (C=N–C) groups is 1. The number of aromatic nitrogens is 1. The number of guanidine groups is 1. The minimum absolute atomic E-state index is 0.694. The summed E-state index contributed by atoms with van der Waals surface area (Å²) in [6.07, 6.45) is 1.11. The number of aryl methyl sites for hydroxylation is 1. The zero-order valence-electron chi connectivity index (χ0n) is 12.9. The van der Waals surface area contributed by atoms with E-state index >= 15 is 0 Å². The van der Waals surface area contributed by atoms with E-state index in [9.17, 15) is 0 Å². The molecular formula is C14H26N4OS. The molecule has 2 N–H and O–H groups in total. The van der Waals surface area contributed by atoms with E-state index in [4.69, 9.17) is 4.74 Å². The molecule has 0 aliphatic heterocycles. The second kappa shape index (κ2) is 9.72. The highest BCUT2D eigenvalue weighted by atomic mass is 32.1. The molecule has 1 heterocycles. The molecule has 0 aliphatic carbocycles. The monoisotopic (exact) mass is 298 g/mol. The molecule has 5 nitrogen and oxygen atoms in total. The van der Waals surface area contributed by atoms with Gasteiger partial charge in [-0.1, -0.05) is 13.8 Å². The smallest absolute Gasteiger partial charge is 0.191 e. The summed E-state index contributed by atoms with van der Waals surface area (Å²) in [6.45, 7) is 9.47. The molecule has 0 spiro atoms. The van der Waals surface area contributed by atoms with Gasteiger partial charge in [0.1, 0.15) is 0 Å². The number of thiazole rings is 1. The summed E-state index contributed by atoms with van der Waals surface area (Å²) < 4.78 is 5.56. The summed E-state index contributed by atoms with van der Waals surface area (Å²) in [6, 6.07) is 0. The maximum atomic E-state index is 5.56. The lowest BCUT2D eigenvalue weighted by molar-refractivity contribution is 0.128. The number of ether oxygens (including phenoxy) is 1. The normalized spacial score (nSPS) is 11.9. The lowest BCUT2D eigenvalue weighted by Gasteiger charge is -2.12. The van der Waals surface area contributed by atoms with E-state index in [1.807, 2.05) is 12.4 Å². The highest BCUT2D eigenvalue weighted by Gasteiger charge is 2.02. The van der Waals surface area contributed by atoms with Gasteiger partial charge in [0.05, 0.1) is 24.4 Å². The van der Waals surface area contributed by atoms with E-state index in [0.29, 0.717) is 12.5 Å². The SMILES string of the molecule is CN=C(NCCOCCC(C)C)NCc1scnc1C. The molecule has 1 aromatic rings. The molecule has 0 unspecified atom stereocenters. The van der Waals surface area contributed by atoms with E-state index in [1.54, 1.807) is 18.4 Å². The summed E-state index contributed by atoms with van der Waals surface area (Å²) in [5.74, 6) is 1.49. The van der Waals surface area contributed by atoms with Gasteiger partial charge in [-0.05, 0) is 19.3 Å². The summed E-state index contributed by atoms with van der Waals surface area (Å²) in [5.41, 5.74) is 2.94. The fourth-order valence-electron chi connectivity index (χ4n) is 1.54. The fraction of sp³-hybridized carbons (Fsp3) is 0.714. The van der Waals surface area contributed by atoms with Gasteiger partial charge in [-0.3, -0.25) is 4.99 Å². The predicted octanol–water partition coefficient (Wildman–Crippen LogP) is 2.18. The van der Waals surface area contributed by atoms with E-state index in [-0.39, 0.29) is 0 Å². The Labute approximate surface area is 125 Å². The van der Waals surface area contributed by atoms with Crippen LogP contribution in [-0.4, -0.2) is 37.7 Å². The lowest BCUT2D eigenvalue weighted by atomic mass is 10.1. The van der Waals surface area contributed by atoms with Crippen LogP contribution in [0.3, 0.4) is 0 Å². The summed E-state index contributed by atoms with van der Waals surface area (Å²) in [7, 11) is 1.77. The molecule has 114 valence electrons. The second-order valence-corrected chi connectivity index (χ2v) is 5.95. The third-order valence-electron chi connectivity index (χ3n) is 2.86. The van der Waals surface area contributed by atoms with Crippen LogP contribution in [0, 0.1) is 12.8 Å². The van der Waals surface area contributed by atoms with Crippen LogP contribution in [0.2, 0.25) is 0 Å². The molecule has 0 saturated carbocycles. The van der Waals surface area contributed by atoms with Crippen molar-refractivity contribution in [3.63, 3.8) is 0 Å². The molecule has 6 heteroatoms. The van der Waals surface area contributed by atoms with Crippen LogP contribution < -0.4 is 10.6 Å². The van der Waals surface area contributed by atoms with Gasteiger partial charge < -0.3 is 15.4 Å². The van der Waals surface area contributed by atoms with Gasteiger partial charge in [-0.25, -0.2) is 4.98 Å². The van der Waals surface area contributed by atoms with Crippen molar-refractivity contribution in [2.45, 2.75) is 33.7 Å². The van der Waals surface area contributed by atoms with E-state index < -0.39 is 0 Å². The first kappa shape index (κ1) is 16.9. The molecule has 0 aliphatic rings. The Bertz CT molecular complexity index is 404. The maximum absolute atomic E-state index is 5.56. The van der Waals surface area contributed by atoms with Gasteiger partial charge in [0.15, 0.2) is 5.96 Å². The summed E-state index contributed by atoms with van der Waals surface area (Å²) in [4.78, 5) is 9.65. The van der Waals surface area contributed by atoms with Gasteiger partial charge >= 0.3 is 0 Å². The summed E-state index contributed by atoms with van der Waals surface area (Å²) >= 11 is 1.66. The van der Waals surface area contributed by atoms with Crippen LogP contribution in [0.25, 0.3) is 0 Å². The first-order valence-corrected chi connectivity index (χ1v) is 7.92. The van der Waals surface area contributed by atoms with Crippen molar-refractivity contribution in [3.8, 4) is 0 Å². The van der Waals surface area contributed by atoms with Crippen molar-refractivity contribution >= 4 is 17.3 Å². The Kier molecular flexibility index (Phi) is 8.22. The van der Waals surface area contributed by atoms with Crippen molar-refractivity contribution in [2.75, 3.05) is 26.8 Å². The number of hydrogen-bond acceptors (Lipinski definition) is 4. The molecule has 1 rings (SSSR count). The topological polar surface area (TPSA) is 58.5 Å². The Hall–Kier alpha value is -1.14. The predicted molar refractivity (Wildman–Crippen MR) is 85.3 cm³/mol. The molecule has 1 aromatic heterocycles. The molecular weight excluding hydrogens is 272 g/mol. The zero-order chi connectivity index (χ0) is 14.8. The van der Waals surface area contributed by atoms with Gasteiger partial charge in [-0.2, -0.15) is 0 Å². The van der Waals surface area contributed by atoms with Crippen LogP contribution in [0.1, 0.15) is 30.8 Å². The van der Waals surface area contributed by atoms with Crippen LogP contribution in [0.4, 0.5) is 0 Å². The highest BCUT2D eigenvalue weighted by molar-refractivity contribution is 7.09. The zero-order valence-corrected chi connectivity index (χ0v) is 13.7. The minimum Gasteiger partial charge on any atom is -0.380 e. The number of nitrogens with zero attached hydrogens (tertiary/aromatic N) is 2. The highest BCUT2D eigenvalue weighted by Crippen LogP contribution is 2.10. The minimum atomic E-state index is 0.694. The number of hydrogen-bond donors (Lipinski definition) is 2. The Morgan fingerprint density at radius 2 is 2.20 bits per heavy atom. The summed E-state index contributed by atoms with van der Waals surface area (Å²) in [5, 5.41) is 6.51. The quantitative estimate of drug-likeness (QED) is 0.439. The molecule has 0 amide bonds. The average Bonchev–Trinajstić information content (AvgIpc) is 2.82. The molecule has 0 atom stereocenters. The van der Waals surface area contributed by atoms with Crippen molar-refractivity contribution in [2.24, 2.45) is 10.9 Å². The van der Waals surface area contributed by atoms with Crippen molar-refractivity contribution < 1.29 is 4.74 Å². The molecule has 0 fully saturated rings. The van der Waals surface area contributed by atoms with Crippen molar-refractivity contribution in [1.82, 2.24) is 15.6 Å². The van der Waals surface area contributed by atoms with Crippen LogP contribution in [0.5, 0.6) is 0 Å². The standard InChI is InChI=1S/C14H26N4OS/c1-11(2)5-7-19-8-6-16-14(15-4)17-9-13-12(3)18-10-20-13/h10-11H,5-9H2,1-4H3,(H2,15,16,17). The fourth-order valence-corrected chi connectivity index (χ4v) is 2.26. The molecule has 0 aromatic carbocycles. The first-order valence-electron chi connectivity index (χ1n) is 7.04. The molecule has 20 heavy (non-hydrogen) atoms. The Morgan fingerprint density at radius 1 is 1.40 bits per heavy atom. The van der Waals surface area contributed by atoms with Crippen molar-refractivity contribution in [1.29, 1.82) is 0 Å². The van der Waals surface area contributed by atoms with Gasteiger partial charge in [0.25, 0.3) is 0 Å². The molecule has 0 bridgehead atoms. The van der Waals surface area contributed by atoms with Gasteiger partial charge in [-0.15, -0.1) is 11.3 Å². The third kappa shape index (κ3) is 6.86. The lowest BCUT2D eigenvalue weighted by Crippen LogP contribution is -2.38. The van der Waals surface area contributed by atoms with E-state index in [1.165, 1.54) is 4.88 Å². The van der Waals surface area contributed by atoms with Crippen LogP contribution in [0.15, 0.2) is 10.5 Å². The Balaban J connectivity index is 2.13. The van der Waals surface area contributed by atoms with Crippen LogP contribution >= 0.6 is 11.3 Å². The van der Waals surface area contributed by atoms with E-state index in [0.717, 1.165) is 37.8 Å². The second-order valence-electron chi connectivity index (χ2n) is 5.01. The number of rotatable bonds is 8. The third-order valence-corrected chi connectivity index (χ3v) is 3.80. The average molecular weight is 298 g/mol. The first-order chi connectivity index (χ1) is 9.63.